The van der Waals surface area contributed by atoms with Gasteiger partial charge in [0.2, 0.25) is 0 Å². The highest BCUT2D eigenvalue weighted by molar-refractivity contribution is 6.36. The molecule has 7 nitrogen and oxygen atoms in total. The monoisotopic (exact) mass is 539 g/mol. The summed E-state index contributed by atoms with van der Waals surface area (Å²) in [6.45, 7) is 0. The normalized spacial score (nSPS) is 13.4. The first-order valence-corrected chi connectivity index (χ1v) is 11.8. The molecule has 0 fully saturated rings. The van der Waals surface area contributed by atoms with Crippen LogP contribution in [-0.4, -0.2) is 4.98 Å². The van der Waals surface area contributed by atoms with Crippen LogP contribution in [0.3, 0.4) is 0 Å². The summed E-state index contributed by atoms with van der Waals surface area (Å²) in [6, 6.07) is 17.2. The Morgan fingerprint density at radius 1 is 0.972 bits per heavy atom. The van der Waals surface area contributed by atoms with Gasteiger partial charge in [-0.25, -0.2) is 4.39 Å². The van der Waals surface area contributed by atoms with Crippen molar-refractivity contribution in [3.8, 4) is 6.07 Å². The molecule has 0 saturated heterocycles. The summed E-state index contributed by atoms with van der Waals surface area (Å²) in [4.78, 5) is 4.38. The Labute approximate surface area is 220 Å². The molecule has 1 aromatic heterocycles. The maximum atomic E-state index is 13.7. The number of pyridine rings is 1. The topological polar surface area (TPSA) is 96.8 Å². The molecule has 0 radical (unpaired) electrons. The van der Waals surface area contributed by atoms with E-state index in [1.807, 2.05) is 30.3 Å². The molecular weight excluding hydrogens is 524 g/mol. The van der Waals surface area contributed by atoms with Gasteiger partial charge in [-0.05, 0) is 48.0 Å². The van der Waals surface area contributed by atoms with E-state index in [-0.39, 0.29) is 11.1 Å². The molecule has 0 saturated carbocycles. The van der Waals surface area contributed by atoms with E-state index >= 15 is 0 Å². The molecule has 0 bridgehead atoms. The molecule has 1 aliphatic rings. The van der Waals surface area contributed by atoms with E-state index < -0.39 is 5.82 Å². The average Bonchev–Trinajstić information content (AvgIpc) is 3.40. The number of hydrogen-bond acceptors (Lipinski definition) is 7. The summed E-state index contributed by atoms with van der Waals surface area (Å²) in [7, 11) is 0. The van der Waals surface area contributed by atoms with Gasteiger partial charge in [0, 0.05) is 34.2 Å². The fourth-order valence-electron chi connectivity index (χ4n) is 3.86. The van der Waals surface area contributed by atoms with Crippen LogP contribution in [0, 0.1) is 17.1 Å². The smallest absolute Gasteiger partial charge is 0.141 e. The number of hydrogen-bond donors (Lipinski definition) is 5. The van der Waals surface area contributed by atoms with Gasteiger partial charge in [-0.3, -0.25) is 4.98 Å². The van der Waals surface area contributed by atoms with Crippen LogP contribution in [0.5, 0.6) is 0 Å². The number of fused-ring (bicyclic) bond motifs is 1. The number of hydrazine groups is 2. The van der Waals surface area contributed by atoms with Crippen LogP contribution in [0.2, 0.25) is 15.1 Å². The van der Waals surface area contributed by atoms with Crippen molar-refractivity contribution in [2.24, 2.45) is 0 Å². The number of rotatable bonds is 6. The lowest BCUT2D eigenvalue weighted by Gasteiger charge is -2.22. The van der Waals surface area contributed by atoms with Crippen molar-refractivity contribution < 1.29 is 4.39 Å². The Morgan fingerprint density at radius 3 is 2.44 bits per heavy atom. The summed E-state index contributed by atoms with van der Waals surface area (Å²) in [5.74, 6) is -0.538. The predicted octanol–water partition coefficient (Wildman–Crippen LogP) is 6.56. The van der Waals surface area contributed by atoms with E-state index in [2.05, 4.69) is 38.1 Å². The molecule has 1 unspecified atom stereocenters. The third-order valence-corrected chi connectivity index (χ3v) is 6.40. The first-order chi connectivity index (χ1) is 17.4. The lowest BCUT2D eigenvalue weighted by Crippen LogP contribution is -2.33. The minimum Gasteiger partial charge on any atom is -0.373 e. The van der Waals surface area contributed by atoms with Crippen LogP contribution < -0.4 is 27.0 Å². The molecule has 3 aromatic carbocycles. The van der Waals surface area contributed by atoms with Crippen LogP contribution in [0.25, 0.3) is 10.9 Å². The molecule has 11 heteroatoms. The Morgan fingerprint density at radius 2 is 1.75 bits per heavy atom. The molecule has 0 aliphatic carbocycles. The molecule has 36 heavy (non-hydrogen) atoms. The number of aromatic nitrogens is 1. The Kier molecular flexibility index (Phi) is 6.72. The summed E-state index contributed by atoms with van der Waals surface area (Å²) in [5.41, 5.74) is 13.1. The Hall–Kier alpha value is -3.74. The highest BCUT2D eigenvalue weighted by Gasteiger charge is 2.21. The van der Waals surface area contributed by atoms with Gasteiger partial charge < -0.3 is 21.5 Å². The fraction of sp³-hybridized carbons (Fsp3) is 0.0400. The van der Waals surface area contributed by atoms with Crippen molar-refractivity contribution in [3.05, 3.63) is 105 Å². The van der Waals surface area contributed by atoms with E-state index in [4.69, 9.17) is 34.8 Å². The Balaban J connectivity index is 1.59. The van der Waals surface area contributed by atoms with E-state index in [9.17, 15) is 9.65 Å². The van der Waals surface area contributed by atoms with Crippen LogP contribution in [-0.2, 0) is 0 Å². The second-order valence-corrected chi connectivity index (χ2v) is 9.14. The van der Waals surface area contributed by atoms with E-state index in [0.717, 1.165) is 11.3 Å². The quantitative estimate of drug-likeness (QED) is 0.189. The van der Waals surface area contributed by atoms with Crippen LogP contribution in [0.1, 0.15) is 17.2 Å². The van der Waals surface area contributed by atoms with Crippen LogP contribution in [0.15, 0.2) is 72.7 Å². The molecule has 5 rings (SSSR count). The molecule has 2 heterocycles. The summed E-state index contributed by atoms with van der Waals surface area (Å²) < 4.78 is 13.7. The molecule has 0 amide bonds. The van der Waals surface area contributed by atoms with E-state index in [0.29, 0.717) is 43.6 Å². The third kappa shape index (κ3) is 4.83. The van der Waals surface area contributed by atoms with Gasteiger partial charge in [-0.1, -0.05) is 46.9 Å². The maximum Gasteiger partial charge on any atom is 0.141 e. The van der Waals surface area contributed by atoms with Gasteiger partial charge in [0.1, 0.15) is 11.9 Å². The molecule has 4 aromatic rings. The minimum absolute atomic E-state index is 0.0392. The summed E-state index contributed by atoms with van der Waals surface area (Å²) >= 11 is 18.7. The van der Waals surface area contributed by atoms with Crippen molar-refractivity contribution in [3.63, 3.8) is 0 Å². The average molecular weight is 541 g/mol. The summed E-state index contributed by atoms with van der Waals surface area (Å²) in [5, 5.41) is 18.0. The zero-order chi connectivity index (χ0) is 25.2. The largest absolute Gasteiger partial charge is 0.373 e. The SMILES string of the molecule is N#Cc1cnc2c(Cl)cc(NC(C3=CNNN3)c3ccc(Cl)cc3)cc2c1Nc1ccc(F)c(Cl)c1. The van der Waals surface area contributed by atoms with Crippen molar-refractivity contribution in [1.82, 2.24) is 21.4 Å². The molecule has 1 aliphatic heterocycles. The highest BCUT2D eigenvalue weighted by atomic mass is 35.5. The third-order valence-electron chi connectivity index (χ3n) is 5.57. The number of benzene rings is 3. The van der Waals surface area contributed by atoms with Crippen LogP contribution in [0.4, 0.5) is 21.5 Å². The van der Waals surface area contributed by atoms with Gasteiger partial charge in [0.25, 0.3) is 0 Å². The molecular formula is C25H17Cl3FN7. The van der Waals surface area contributed by atoms with Crippen molar-refractivity contribution in [1.29, 1.82) is 5.26 Å². The van der Waals surface area contributed by atoms with Gasteiger partial charge in [-0.15, -0.1) is 0 Å². The van der Waals surface area contributed by atoms with Crippen molar-refractivity contribution in [2.45, 2.75) is 6.04 Å². The standard InChI is InChI=1S/C25H17Cl3FN7/c26-15-3-1-13(2-4-15)24(22-12-32-36-35-22)34-17-7-18-23(33-16-5-6-21(29)19(27)8-16)14(10-30)11-31-25(18)20(28)9-17/h1-9,11-12,24,32,34-36H,(H,31,33). The second kappa shape index (κ2) is 10.1. The van der Waals surface area contributed by atoms with E-state index in [1.165, 1.54) is 24.4 Å². The first-order valence-electron chi connectivity index (χ1n) is 10.7. The molecule has 0 spiro atoms. The predicted molar refractivity (Wildman–Crippen MR) is 141 cm³/mol. The Bertz CT molecular complexity index is 1530. The second-order valence-electron chi connectivity index (χ2n) is 7.89. The number of nitriles is 1. The lowest BCUT2D eigenvalue weighted by atomic mass is 10.0. The fourth-order valence-corrected chi connectivity index (χ4v) is 4.43. The van der Waals surface area contributed by atoms with Gasteiger partial charge in [0.05, 0.1) is 38.6 Å². The van der Waals surface area contributed by atoms with Crippen molar-refractivity contribution in [2.75, 3.05) is 10.6 Å². The van der Waals surface area contributed by atoms with Gasteiger partial charge >= 0.3 is 0 Å². The molecule has 1 atom stereocenters. The van der Waals surface area contributed by atoms with Crippen LogP contribution >= 0.6 is 34.8 Å². The van der Waals surface area contributed by atoms with Crippen molar-refractivity contribution >= 4 is 62.8 Å². The van der Waals surface area contributed by atoms with Gasteiger partial charge in [-0.2, -0.15) is 10.8 Å². The lowest BCUT2D eigenvalue weighted by molar-refractivity contribution is 0.583. The number of halogens is 4. The molecule has 180 valence electrons. The first kappa shape index (κ1) is 24.0. The molecule has 5 N–H and O–H groups in total. The van der Waals surface area contributed by atoms with E-state index in [1.54, 1.807) is 12.3 Å². The number of anilines is 3. The summed E-state index contributed by atoms with van der Waals surface area (Å²) in [6.07, 6.45) is 3.24. The zero-order valence-electron chi connectivity index (χ0n) is 18.3. The highest BCUT2D eigenvalue weighted by Crippen LogP contribution is 2.37. The number of nitrogens with one attached hydrogen (secondary N) is 5. The number of nitrogens with zero attached hydrogens (tertiary/aromatic N) is 2. The van der Waals surface area contributed by atoms with Gasteiger partial charge in [0.15, 0.2) is 0 Å². The maximum absolute atomic E-state index is 13.7. The minimum atomic E-state index is -0.538. The zero-order valence-corrected chi connectivity index (χ0v) is 20.6.